The van der Waals surface area contributed by atoms with Crippen molar-refractivity contribution in [3.63, 3.8) is 0 Å². The number of hydrogen-bond donors (Lipinski definition) is 2. The van der Waals surface area contributed by atoms with Gasteiger partial charge in [-0.1, -0.05) is 0 Å². The number of halogens is 2. The number of hydrogen-bond acceptors (Lipinski definition) is 6. The number of likely N-dealkylation sites (tertiary alicyclic amines) is 1. The monoisotopic (exact) mass is 394 g/mol. The van der Waals surface area contributed by atoms with Crippen LogP contribution in [0.15, 0.2) is 28.6 Å². The van der Waals surface area contributed by atoms with Crippen LogP contribution in [-0.2, 0) is 4.79 Å². The van der Waals surface area contributed by atoms with Crippen LogP contribution in [0.3, 0.4) is 0 Å². The number of aliphatic hydroxyl groups is 1. The SMILES string of the molecule is CN=CNCC(O)(F)N1CCC(C(=O)N2N=CC[C@H]2c2cncc(F)c2)CC1. The molecule has 2 aliphatic heterocycles. The van der Waals surface area contributed by atoms with Gasteiger partial charge in [-0.05, 0) is 24.5 Å². The minimum atomic E-state index is -2.52. The van der Waals surface area contributed by atoms with Gasteiger partial charge in [0, 0.05) is 44.9 Å². The van der Waals surface area contributed by atoms with Gasteiger partial charge in [0.15, 0.2) is 0 Å². The van der Waals surface area contributed by atoms with Crippen molar-refractivity contribution in [2.45, 2.75) is 31.3 Å². The number of aromatic nitrogens is 1. The molecule has 1 unspecified atom stereocenters. The summed E-state index contributed by atoms with van der Waals surface area (Å²) < 4.78 is 27.9. The summed E-state index contributed by atoms with van der Waals surface area (Å²) >= 11 is 0. The maximum absolute atomic E-state index is 14.4. The summed E-state index contributed by atoms with van der Waals surface area (Å²) in [5, 5.41) is 18.1. The van der Waals surface area contributed by atoms with E-state index in [-0.39, 0.29) is 37.5 Å². The Morgan fingerprint density at radius 2 is 2.21 bits per heavy atom. The van der Waals surface area contributed by atoms with Crippen LogP contribution < -0.4 is 5.32 Å². The normalized spacial score (nSPS) is 23.3. The average Bonchev–Trinajstić information content (AvgIpc) is 3.17. The van der Waals surface area contributed by atoms with Crippen LogP contribution in [0.5, 0.6) is 0 Å². The number of carbonyl (C=O) groups is 1. The van der Waals surface area contributed by atoms with Crippen molar-refractivity contribution in [3.8, 4) is 0 Å². The fourth-order valence-corrected chi connectivity index (χ4v) is 3.55. The largest absolute Gasteiger partial charge is 0.369 e. The highest BCUT2D eigenvalue weighted by atomic mass is 19.2. The molecule has 0 bridgehead atoms. The summed E-state index contributed by atoms with van der Waals surface area (Å²) in [5.74, 6) is -3.50. The summed E-state index contributed by atoms with van der Waals surface area (Å²) in [4.78, 5) is 21.7. The first kappa shape index (κ1) is 20.3. The maximum Gasteiger partial charge on any atom is 0.283 e. The second-order valence-corrected chi connectivity index (χ2v) is 6.92. The molecule has 152 valence electrons. The second kappa shape index (κ2) is 8.70. The first-order chi connectivity index (χ1) is 13.4. The third kappa shape index (κ3) is 4.50. The van der Waals surface area contributed by atoms with Gasteiger partial charge in [-0.3, -0.25) is 14.8 Å². The van der Waals surface area contributed by atoms with E-state index in [0.29, 0.717) is 24.8 Å². The van der Waals surface area contributed by atoms with Crippen LogP contribution in [-0.4, -0.2) is 71.1 Å². The molecule has 0 radical (unpaired) electrons. The summed E-state index contributed by atoms with van der Waals surface area (Å²) in [7, 11) is 1.54. The Kier molecular flexibility index (Phi) is 6.30. The van der Waals surface area contributed by atoms with Crippen molar-refractivity contribution in [2.75, 3.05) is 26.7 Å². The van der Waals surface area contributed by atoms with Crippen molar-refractivity contribution < 1.29 is 18.7 Å². The average molecular weight is 394 g/mol. The number of pyridine rings is 1. The molecule has 1 aromatic rings. The molecule has 10 heteroatoms. The van der Waals surface area contributed by atoms with E-state index in [4.69, 9.17) is 0 Å². The fraction of sp³-hybridized carbons (Fsp3) is 0.556. The molecular formula is C18H24F2N6O2. The van der Waals surface area contributed by atoms with Gasteiger partial charge in [0.25, 0.3) is 5.98 Å². The third-order valence-electron chi connectivity index (χ3n) is 5.04. The number of piperidine rings is 1. The van der Waals surface area contributed by atoms with Crippen molar-refractivity contribution in [3.05, 3.63) is 29.8 Å². The number of nitrogens with one attached hydrogen (secondary N) is 1. The van der Waals surface area contributed by atoms with Crippen molar-refractivity contribution in [2.24, 2.45) is 16.0 Å². The van der Waals surface area contributed by atoms with E-state index in [1.54, 1.807) is 6.21 Å². The van der Waals surface area contributed by atoms with Crippen LogP contribution in [0.25, 0.3) is 0 Å². The zero-order valence-corrected chi connectivity index (χ0v) is 15.6. The molecule has 3 rings (SSSR count). The maximum atomic E-state index is 14.4. The molecule has 0 aromatic carbocycles. The van der Waals surface area contributed by atoms with Crippen LogP contribution >= 0.6 is 0 Å². The van der Waals surface area contributed by atoms with Gasteiger partial charge in [-0.25, -0.2) is 14.3 Å². The Morgan fingerprint density at radius 3 is 2.89 bits per heavy atom. The number of aliphatic imine (C=N–C) groups is 1. The van der Waals surface area contributed by atoms with Crippen LogP contribution in [0.4, 0.5) is 8.78 Å². The molecule has 1 fully saturated rings. The Bertz CT molecular complexity index is 749. The highest BCUT2D eigenvalue weighted by molar-refractivity contribution is 5.82. The number of nitrogens with zero attached hydrogens (tertiary/aromatic N) is 5. The lowest BCUT2D eigenvalue weighted by Crippen LogP contribution is -2.55. The van der Waals surface area contributed by atoms with Crippen molar-refractivity contribution in [1.29, 1.82) is 0 Å². The van der Waals surface area contributed by atoms with Gasteiger partial charge in [0.05, 0.1) is 25.1 Å². The smallest absolute Gasteiger partial charge is 0.283 e. The zero-order valence-electron chi connectivity index (χ0n) is 15.6. The standard InChI is InChI=1S/C18H24F2N6O2/c1-21-12-23-11-18(20,28)25-6-3-13(4-7-25)17(27)26-16(2-5-24-26)14-8-15(19)10-22-9-14/h5,8-10,12-13,16,28H,2-4,6-7,11H2,1H3,(H,21,23)/t16-,18?/m0/s1. The van der Waals surface area contributed by atoms with Gasteiger partial charge < -0.3 is 10.4 Å². The van der Waals surface area contributed by atoms with E-state index in [2.05, 4.69) is 20.4 Å². The van der Waals surface area contributed by atoms with Gasteiger partial charge in [0.2, 0.25) is 5.91 Å². The zero-order chi connectivity index (χ0) is 20.1. The minimum Gasteiger partial charge on any atom is -0.369 e. The van der Waals surface area contributed by atoms with Crippen LogP contribution in [0, 0.1) is 11.7 Å². The van der Waals surface area contributed by atoms with Crippen LogP contribution in [0.1, 0.15) is 30.9 Å². The lowest BCUT2D eigenvalue weighted by atomic mass is 9.94. The molecule has 28 heavy (non-hydrogen) atoms. The highest BCUT2D eigenvalue weighted by Gasteiger charge is 2.40. The lowest BCUT2D eigenvalue weighted by Gasteiger charge is -2.38. The summed E-state index contributed by atoms with van der Waals surface area (Å²) in [6, 6.07) is 0.967. The number of alkyl halides is 1. The number of carbonyl (C=O) groups excluding carboxylic acids is 1. The first-order valence-corrected chi connectivity index (χ1v) is 9.18. The van der Waals surface area contributed by atoms with E-state index < -0.39 is 11.8 Å². The van der Waals surface area contributed by atoms with Crippen molar-refractivity contribution in [1.82, 2.24) is 20.2 Å². The highest BCUT2D eigenvalue weighted by Crippen LogP contribution is 2.32. The molecule has 8 nitrogen and oxygen atoms in total. The Hall–Kier alpha value is -2.46. The molecule has 1 saturated heterocycles. The fourth-order valence-electron chi connectivity index (χ4n) is 3.55. The Morgan fingerprint density at radius 1 is 1.46 bits per heavy atom. The summed E-state index contributed by atoms with van der Waals surface area (Å²) in [6.45, 7) is 0.157. The predicted molar refractivity (Wildman–Crippen MR) is 99.7 cm³/mol. The Balaban J connectivity index is 1.59. The van der Waals surface area contributed by atoms with Crippen LogP contribution in [0.2, 0.25) is 0 Å². The molecule has 2 N–H and O–H groups in total. The molecule has 2 atom stereocenters. The quantitative estimate of drug-likeness (QED) is 0.428. The minimum absolute atomic E-state index is 0.179. The van der Waals surface area contributed by atoms with E-state index in [0.717, 1.165) is 6.20 Å². The molecule has 1 aromatic heterocycles. The van der Waals surface area contributed by atoms with E-state index in [1.807, 2.05) is 0 Å². The second-order valence-electron chi connectivity index (χ2n) is 6.92. The lowest BCUT2D eigenvalue weighted by molar-refractivity contribution is -0.210. The van der Waals surface area contributed by atoms with E-state index in [9.17, 15) is 18.7 Å². The van der Waals surface area contributed by atoms with Gasteiger partial charge in [0.1, 0.15) is 5.82 Å². The topological polar surface area (TPSA) is 93.4 Å². The molecular weight excluding hydrogens is 370 g/mol. The van der Waals surface area contributed by atoms with E-state index in [1.165, 1.54) is 35.6 Å². The molecule has 2 aliphatic rings. The number of rotatable bonds is 6. The van der Waals surface area contributed by atoms with Crippen molar-refractivity contribution >= 4 is 18.5 Å². The van der Waals surface area contributed by atoms with E-state index >= 15 is 0 Å². The Labute approximate surface area is 162 Å². The number of hydrazone groups is 1. The summed E-state index contributed by atoms with van der Waals surface area (Å²) in [5.41, 5.74) is 0.588. The van der Waals surface area contributed by atoms with Gasteiger partial charge >= 0.3 is 0 Å². The third-order valence-corrected chi connectivity index (χ3v) is 5.04. The molecule has 0 aliphatic carbocycles. The first-order valence-electron chi connectivity index (χ1n) is 9.18. The molecule has 0 saturated carbocycles. The number of amides is 1. The molecule has 1 amide bonds. The molecule has 3 heterocycles. The predicted octanol–water partition coefficient (Wildman–Crippen LogP) is 1.06. The van der Waals surface area contributed by atoms with Gasteiger partial charge in [-0.2, -0.15) is 9.49 Å². The summed E-state index contributed by atoms with van der Waals surface area (Å²) in [6.07, 6.45) is 6.86. The molecule has 0 spiro atoms. The van der Waals surface area contributed by atoms with Gasteiger partial charge in [-0.15, -0.1) is 0 Å².